The molecule has 6 nitrogen and oxygen atoms in total. The van der Waals surface area contributed by atoms with E-state index in [1.807, 2.05) is 25.9 Å². The summed E-state index contributed by atoms with van der Waals surface area (Å²) in [5.41, 5.74) is 1.01. The third-order valence-electron chi connectivity index (χ3n) is 5.17. The van der Waals surface area contributed by atoms with E-state index >= 15 is 0 Å². The van der Waals surface area contributed by atoms with Gasteiger partial charge in [-0.25, -0.2) is 0 Å². The number of carbonyl (C=O) groups excluding carboxylic acids is 2. The zero-order chi connectivity index (χ0) is 23.4. The van der Waals surface area contributed by atoms with Crippen LogP contribution in [0.2, 0.25) is 10.0 Å². The Hall–Kier alpha value is -2.54. The Morgan fingerprint density at radius 1 is 1.12 bits per heavy atom. The van der Waals surface area contributed by atoms with Crippen LogP contribution in [0.15, 0.2) is 48.0 Å². The van der Waals surface area contributed by atoms with Crippen LogP contribution in [0.5, 0.6) is 5.75 Å². The Morgan fingerprint density at radius 3 is 2.53 bits per heavy atom. The summed E-state index contributed by atoms with van der Waals surface area (Å²) in [6.07, 6.45) is 0.838. The molecule has 0 bridgehead atoms. The van der Waals surface area contributed by atoms with Crippen LogP contribution < -0.4 is 4.74 Å². The van der Waals surface area contributed by atoms with Crippen molar-refractivity contribution in [1.29, 1.82) is 0 Å². The van der Waals surface area contributed by atoms with E-state index in [9.17, 15) is 14.7 Å². The van der Waals surface area contributed by atoms with Gasteiger partial charge in [-0.15, -0.1) is 0 Å². The third kappa shape index (κ3) is 5.09. The van der Waals surface area contributed by atoms with Crippen LogP contribution >= 0.6 is 23.2 Å². The lowest BCUT2D eigenvalue weighted by atomic mass is 9.95. The second kappa shape index (κ2) is 10.4. The van der Waals surface area contributed by atoms with Crippen molar-refractivity contribution in [3.8, 4) is 5.75 Å². The van der Waals surface area contributed by atoms with Gasteiger partial charge in [-0.2, -0.15) is 0 Å². The largest absolute Gasteiger partial charge is 0.507 e. The Morgan fingerprint density at radius 2 is 1.88 bits per heavy atom. The van der Waals surface area contributed by atoms with Crippen LogP contribution in [0.1, 0.15) is 30.5 Å². The predicted octanol–water partition coefficient (Wildman–Crippen LogP) is 4.77. The molecule has 1 amide bonds. The molecule has 1 aliphatic heterocycles. The van der Waals surface area contributed by atoms with E-state index in [-0.39, 0.29) is 11.3 Å². The molecule has 170 valence electrons. The second-order valence-corrected chi connectivity index (χ2v) is 8.66. The summed E-state index contributed by atoms with van der Waals surface area (Å²) in [5.74, 6) is -1.09. The lowest BCUT2D eigenvalue weighted by molar-refractivity contribution is -0.140. The maximum atomic E-state index is 13.1. The maximum absolute atomic E-state index is 13.1. The summed E-state index contributed by atoms with van der Waals surface area (Å²) in [5, 5.41) is 11.8. The standard InChI is InChI=1S/C24H26Cl2N2O4/c1-4-12-32-17-7-5-6-16(13-17)22(29)20-21(15-8-9-18(25)19(26)14-15)28(11-10-27(2)3)24(31)23(20)30/h5-9,13-14,21,29H,4,10-12H2,1-3H3. The average Bonchev–Trinajstić information content (AvgIpc) is 3.02. The number of carbonyl (C=O) groups is 2. The van der Waals surface area contributed by atoms with Gasteiger partial charge in [0.2, 0.25) is 0 Å². The molecule has 3 rings (SSSR count). The highest BCUT2D eigenvalue weighted by Crippen LogP contribution is 2.41. The number of likely N-dealkylation sites (N-methyl/N-ethyl adjacent to an activating group) is 1. The first-order chi connectivity index (χ1) is 15.2. The van der Waals surface area contributed by atoms with Crippen molar-refractivity contribution in [3.63, 3.8) is 0 Å². The van der Waals surface area contributed by atoms with Crippen LogP contribution in [0, 0.1) is 0 Å². The number of amides is 1. The number of aliphatic hydroxyl groups is 1. The van der Waals surface area contributed by atoms with Gasteiger partial charge in [0.25, 0.3) is 11.7 Å². The number of ether oxygens (including phenoxy) is 1. The Labute approximate surface area is 198 Å². The highest BCUT2D eigenvalue weighted by atomic mass is 35.5. The van der Waals surface area contributed by atoms with E-state index in [0.29, 0.717) is 46.6 Å². The molecular formula is C24H26Cl2N2O4. The number of Topliss-reactive ketones (excluding diaryl/α,β-unsaturated/α-hetero) is 1. The van der Waals surface area contributed by atoms with Crippen molar-refractivity contribution in [3.05, 3.63) is 69.2 Å². The van der Waals surface area contributed by atoms with Crippen molar-refractivity contribution >= 4 is 40.7 Å². The minimum atomic E-state index is -0.787. The number of hydrogen-bond donors (Lipinski definition) is 1. The van der Waals surface area contributed by atoms with Gasteiger partial charge in [0.05, 0.1) is 28.3 Å². The molecule has 1 atom stereocenters. The molecule has 2 aromatic carbocycles. The van der Waals surface area contributed by atoms with Gasteiger partial charge in [0.1, 0.15) is 11.5 Å². The van der Waals surface area contributed by atoms with E-state index in [1.165, 1.54) is 4.90 Å². The number of halogens is 2. The fraction of sp³-hybridized carbons (Fsp3) is 0.333. The molecule has 0 radical (unpaired) electrons. The molecule has 1 heterocycles. The molecule has 1 aliphatic rings. The van der Waals surface area contributed by atoms with Gasteiger partial charge in [0.15, 0.2) is 0 Å². The molecule has 0 aliphatic carbocycles. The summed E-state index contributed by atoms with van der Waals surface area (Å²) >= 11 is 12.3. The Balaban J connectivity index is 2.12. The molecule has 1 saturated heterocycles. The van der Waals surface area contributed by atoms with E-state index in [4.69, 9.17) is 27.9 Å². The highest BCUT2D eigenvalue weighted by Gasteiger charge is 2.46. The lowest BCUT2D eigenvalue weighted by Gasteiger charge is -2.26. The fourth-order valence-corrected chi connectivity index (χ4v) is 3.86. The van der Waals surface area contributed by atoms with Gasteiger partial charge < -0.3 is 19.6 Å². The summed E-state index contributed by atoms with van der Waals surface area (Å²) < 4.78 is 5.65. The van der Waals surface area contributed by atoms with Crippen LogP contribution in [-0.2, 0) is 9.59 Å². The molecule has 1 fully saturated rings. The number of benzene rings is 2. The maximum Gasteiger partial charge on any atom is 0.295 e. The van der Waals surface area contributed by atoms with Crippen molar-refractivity contribution in [2.75, 3.05) is 33.8 Å². The second-order valence-electron chi connectivity index (χ2n) is 7.85. The first-order valence-corrected chi connectivity index (χ1v) is 11.1. The van der Waals surface area contributed by atoms with Crippen LogP contribution in [0.4, 0.5) is 0 Å². The van der Waals surface area contributed by atoms with E-state index in [2.05, 4.69) is 0 Å². The topological polar surface area (TPSA) is 70.1 Å². The zero-order valence-electron chi connectivity index (χ0n) is 18.3. The first-order valence-electron chi connectivity index (χ1n) is 10.4. The summed E-state index contributed by atoms with van der Waals surface area (Å²) in [6, 6.07) is 11.0. The number of rotatable bonds is 8. The van der Waals surface area contributed by atoms with Crippen LogP contribution in [0.3, 0.4) is 0 Å². The van der Waals surface area contributed by atoms with Crippen molar-refractivity contribution in [1.82, 2.24) is 9.80 Å². The normalized spacial score (nSPS) is 17.9. The molecule has 32 heavy (non-hydrogen) atoms. The number of hydrogen-bond acceptors (Lipinski definition) is 5. The summed E-state index contributed by atoms with van der Waals surface area (Å²) in [7, 11) is 3.76. The smallest absolute Gasteiger partial charge is 0.295 e. The zero-order valence-corrected chi connectivity index (χ0v) is 19.8. The molecule has 1 N–H and O–H groups in total. The van der Waals surface area contributed by atoms with Crippen molar-refractivity contribution in [2.45, 2.75) is 19.4 Å². The quantitative estimate of drug-likeness (QED) is 0.337. The van der Waals surface area contributed by atoms with E-state index < -0.39 is 17.7 Å². The highest BCUT2D eigenvalue weighted by molar-refractivity contribution is 6.46. The number of aliphatic hydroxyl groups excluding tert-OH is 1. The van der Waals surface area contributed by atoms with Crippen molar-refractivity contribution < 1.29 is 19.4 Å². The summed E-state index contributed by atoms with van der Waals surface area (Å²) in [6.45, 7) is 3.38. The predicted molar refractivity (Wildman–Crippen MR) is 126 cm³/mol. The number of likely N-dealkylation sites (tertiary alicyclic amines) is 1. The van der Waals surface area contributed by atoms with Gasteiger partial charge in [0, 0.05) is 18.7 Å². The number of ketones is 1. The first kappa shape index (κ1) is 24.1. The molecule has 0 saturated carbocycles. The minimum Gasteiger partial charge on any atom is -0.507 e. The van der Waals surface area contributed by atoms with Crippen molar-refractivity contribution in [2.24, 2.45) is 0 Å². The minimum absolute atomic E-state index is 0.0137. The fourth-order valence-electron chi connectivity index (χ4n) is 3.56. The SMILES string of the molecule is CCCOc1cccc(C(O)=C2C(=O)C(=O)N(CCN(C)C)C2c2ccc(Cl)c(Cl)c2)c1. The van der Waals surface area contributed by atoms with Crippen LogP contribution in [0.25, 0.3) is 5.76 Å². The molecular weight excluding hydrogens is 451 g/mol. The molecule has 8 heteroatoms. The van der Waals surface area contributed by atoms with Gasteiger partial charge in [-0.1, -0.05) is 48.3 Å². The molecule has 2 aromatic rings. The number of nitrogens with zero attached hydrogens (tertiary/aromatic N) is 2. The summed E-state index contributed by atoms with van der Waals surface area (Å²) in [4.78, 5) is 29.4. The lowest BCUT2D eigenvalue weighted by Crippen LogP contribution is -2.35. The van der Waals surface area contributed by atoms with E-state index in [0.717, 1.165) is 6.42 Å². The third-order valence-corrected chi connectivity index (χ3v) is 5.91. The monoisotopic (exact) mass is 476 g/mol. The molecule has 0 aromatic heterocycles. The molecule has 0 spiro atoms. The van der Waals surface area contributed by atoms with Gasteiger partial charge >= 0.3 is 0 Å². The van der Waals surface area contributed by atoms with Crippen LogP contribution in [-0.4, -0.2) is 60.4 Å². The Bertz CT molecular complexity index is 1050. The van der Waals surface area contributed by atoms with E-state index in [1.54, 1.807) is 42.5 Å². The van der Waals surface area contributed by atoms with Gasteiger partial charge in [-0.05, 0) is 50.3 Å². The molecule has 1 unspecified atom stereocenters. The Kier molecular flexibility index (Phi) is 7.82. The average molecular weight is 477 g/mol. The van der Waals surface area contributed by atoms with Gasteiger partial charge in [-0.3, -0.25) is 9.59 Å².